The van der Waals surface area contributed by atoms with Crippen molar-refractivity contribution >= 4 is 39.5 Å². The smallest absolute Gasteiger partial charge is 0.187 e. The summed E-state index contributed by atoms with van der Waals surface area (Å²) in [5, 5.41) is 5.22. The lowest BCUT2D eigenvalue weighted by Gasteiger charge is -2.02. The second-order valence-electron chi connectivity index (χ2n) is 3.35. The second kappa shape index (κ2) is 4.81. The molecular formula is C11H8ClFN2OS. The molecule has 2 aromatic rings. The SMILES string of the molecule is CC(=O)c1csc(Nc2ccc(F)c(Cl)c2)n1. The van der Waals surface area contributed by atoms with E-state index < -0.39 is 5.82 Å². The molecular weight excluding hydrogens is 263 g/mol. The van der Waals surface area contributed by atoms with Gasteiger partial charge < -0.3 is 5.32 Å². The first-order chi connectivity index (χ1) is 8.06. The zero-order valence-electron chi connectivity index (χ0n) is 8.83. The van der Waals surface area contributed by atoms with Crippen molar-refractivity contribution in [2.45, 2.75) is 6.92 Å². The number of thiazole rings is 1. The minimum atomic E-state index is -0.471. The minimum absolute atomic E-state index is 0.0401. The average molecular weight is 271 g/mol. The Morgan fingerprint density at radius 2 is 2.29 bits per heavy atom. The van der Waals surface area contributed by atoms with Crippen molar-refractivity contribution in [2.24, 2.45) is 0 Å². The quantitative estimate of drug-likeness (QED) is 0.861. The molecule has 0 aliphatic rings. The van der Waals surface area contributed by atoms with Gasteiger partial charge in [-0.3, -0.25) is 4.79 Å². The summed E-state index contributed by atoms with van der Waals surface area (Å²) in [5.41, 5.74) is 1.03. The number of hydrogen-bond donors (Lipinski definition) is 1. The summed E-state index contributed by atoms with van der Waals surface area (Å²) in [7, 11) is 0. The number of carbonyl (C=O) groups is 1. The average Bonchev–Trinajstić information content (AvgIpc) is 2.72. The number of aromatic nitrogens is 1. The van der Waals surface area contributed by atoms with E-state index >= 15 is 0 Å². The van der Waals surface area contributed by atoms with Gasteiger partial charge in [-0.25, -0.2) is 9.37 Å². The molecule has 3 nitrogen and oxygen atoms in total. The van der Waals surface area contributed by atoms with E-state index in [9.17, 15) is 9.18 Å². The number of anilines is 2. The van der Waals surface area contributed by atoms with Gasteiger partial charge in [0.05, 0.1) is 5.02 Å². The number of rotatable bonds is 3. The fraction of sp³-hybridized carbons (Fsp3) is 0.0909. The first kappa shape index (κ1) is 12.0. The van der Waals surface area contributed by atoms with E-state index in [1.807, 2.05) is 0 Å². The molecule has 0 amide bonds. The molecule has 1 N–H and O–H groups in total. The van der Waals surface area contributed by atoms with Gasteiger partial charge in [0, 0.05) is 18.0 Å². The Hall–Kier alpha value is -1.46. The van der Waals surface area contributed by atoms with Crippen molar-refractivity contribution in [2.75, 3.05) is 5.32 Å². The van der Waals surface area contributed by atoms with Crippen LogP contribution in [0.2, 0.25) is 5.02 Å². The molecule has 1 aromatic carbocycles. The van der Waals surface area contributed by atoms with E-state index in [2.05, 4.69) is 10.3 Å². The first-order valence-corrected chi connectivity index (χ1v) is 6.00. The molecule has 1 aromatic heterocycles. The lowest BCUT2D eigenvalue weighted by molar-refractivity contribution is 0.101. The number of nitrogens with zero attached hydrogens (tertiary/aromatic N) is 1. The molecule has 2 rings (SSSR count). The van der Waals surface area contributed by atoms with E-state index in [4.69, 9.17) is 11.6 Å². The number of Topliss-reactive ketones (excluding diaryl/α,β-unsaturated/α-hetero) is 1. The standard InChI is InChI=1S/C11H8ClFN2OS/c1-6(16)10-5-17-11(15-10)14-7-2-3-9(13)8(12)4-7/h2-5H,1H3,(H,14,15). The number of halogens is 2. The molecule has 0 spiro atoms. The third kappa shape index (κ3) is 2.81. The monoisotopic (exact) mass is 270 g/mol. The Balaban J connectivity index is 2.19. The highest BCUT2D eigenvalue weighted by molar-refractivity contribution is 7.14. The highest BCUT2D eigenvalue weighted by atomic mass is 35.5. The van der Waals surface area contributed by atoms with Crippen LogP contribution in [0.3, 0.4) is 0 Å². The van der Waals surface area contributed by atoms with Crippen molar-refractivity contribution < 1.29 is 9.18 Å². The third-order valence-corrected chi connectivity index (χ3v) is 3.08. The molecule has 0 radical (unpaired) electrons. The fourth-order valence-corrected chi connectivity index (χ4v) is 2.14. The molecule has 0 saturated carbocycles. The topological polar surface area (TPSA) is 42.0 Å². The van der Waals surface area contributed by atoms with Gasteiger partial charge in [0.2, 0.25) is 0 Å². The fourth-order valence-electron chi connectivity index (χ4n) is 1.19. The number of nitrogens with one attached hydrogen (secondary N) is 1. The molecule has 0 aliphatic carbocycles. The van der Waals surface area contributed by atoms with E-state index in [-0.39, 0.29) is 10.8 Å². The summed E-state index contributed by atoms with van der Waals surface area (Å²) < 4.78 is 12.9. The number of hydrogen-bond acceptors (Lipinski definition) is 4. The molecule has 1 heterocycles. The van der Waals surface area contributed by atoms with Crippen LogP contribution in [-0.2, 0) is 0 Å². The predicted octanol–water partition coefficient (Wildman–Crippen LogP) is 3.88. The summed E-state index contributed by atoms with van der Waals surface area (Å²) in [6.45, 7) is 1.45. The highest BCUT2D eigenvalue weighted by Gasteiger charge is 2.07. The Morgan fingerprint density at radius 1 is 1.53 bits per heavy atom. The molecule has 17 heavy (non-hydrogen) atoms. The Morgan fingerprint density at radius 3 is 2.88 bits per heavy atom. The van der Waals surface area contributed by atoms with Gasteiger partial charge >= 0.3 is 0 Å². The molecule has 0 fully saturated rings. The highest BCUT2D eigenvalue weighted by Crippen LogP contribution is 2.24. The summed E-state index contributed by atoms with van der Waals surface area (Å²) in [4.78, 5) is 15.1. The maximum atomic E-state index is 12.9. The second-order valence-corrected chi connectivity index (χ2v) is 4.61. The van der Waals surface area contributed by atoms with Crippen LogP contribution < -0.4 is 5.32 Å². The van der Waals surface area contributed by atoms with Crippen LogP contribution >= 0.6 is 22.9 Å². The van der Waals surface area contributed by atoms with Crippen LogP contribution in [0.4, 0.5) is 15.2 Å². The van der Waals surface area contributed by atoms with Crippen LogP contribution in [0, 0.1) is 5.82 Å². The van der Waals surface area contributed by atoms with Gasteiger partial charge in [-0.2, -0.15) is 0 Å². The maximum absolute atomic E-state index is 12.9. The summed E-state index contributed by atoms with van der Waals surface area (Å²) in [5.74, 6) is -0.563. The molecule has 0 unspecified atom stereocenters. The normalized spacial score (nSPS) is 10.3. The van der Waals surface area contributed by atoms with Crippen LogP contribution in [0.15, 0.2) is 23.6 Å². The third-order valence-electron chi connectivity index (χ3n) is 2.04. The molecule has 88 valence electrons. The van der Waals surface area contributed by atoms with E-state index in [0.717, 1.165) is 0 Å². The molecule has 0 bridgehead atoms. The van der Waals surface area contributed by atoms with Gasteiger partial charge in [0.15, 0.2) is 10.9 Å². The van der Waals surface area contributed by atoms with Gasteiger partial charge in [-0.05, 0) is 18.2 Å². The van der Waals surface area contributed by atoms with E-state index in [1.165, 1.54) is 30.4 Å². The lowest BCUT2D eigenvalue weighted by atomic mass is 10.3. The van der Waals surface area contributed by atoms with Crippen molar-refractivity contribution in [3.63, 3.8) is 0 Å². The van der Waals surface area contributed by atoms with Crippen LogP contribution in [-0.4, -0.2) is 10.8 Å². The van der Waals surface area contributed by atoms with Gasteiger partial charge in [-0.15, -0.1) is 11.3 Å². The summed E-state index contributed by atoms with van der Waals surface area (Å²) in [6, 6.07) is 4.28. The van der Waals surface area contributed by atoms with Crippen LogP contribution in [0.5, 0.6) is 0 Å². The zero-order chi connectivity index (χ0) is 12.4. The van der Waals surface area contributed by atoms with Crippen LogP contribution in [0.25, 0.3) is 0 Å². The summed E-state index contributed by atoms with van der Waals surface area (Å²) in [6.07, 6.45) is 0. The first-order valence-electron chi connectivity index (χ1n) is 4.75. The molecule has 0 atom stereocenters. The zero-order valence-corrected chi connectivity index (χ0v) is 10.4. The van der Waals surface area contributed by atoms with Crippen molar-refractivity contribution in [3.8, 4) is 0 Å². The van der Waals surface area contributed by atoms with Crippen molar-refractivity contribution in [1.29, 1.82) is 0 Å². The largest absolute Gasteiger partial charge is 0.331 e. The minimum Gasteiger partial charge on any atom is -0.331 e. The Kier molecular flexibility index (Phi) is 3.40. The lowest BCUT2D eigenvalue weighted by Crippen LogP contribution is -1.94. The Labute approximate surface area is 106 Å². The van der Waals surface area contributed by atoms with Crippen LogP contribution in [0.1, 0.15) is 17.4 Å². The summed E-state index contributed by atoms with van der Waals surface area (Å²) >= 11 is 6.95. The number of ketones is 1. The van der Waals surface area contributed by atoms with Crippen molar-refractivity contribution in [1.82, 2.24) is 4.98 Å². The predicted molar refractivity (Wildman–Crippen MR) is 66.8 cm³/mol. The number of carbonyl (C=O) groups excluding carboxylic acids is 1. The maximum Gasteiger partial charge on any atom is 0.187 e. The Bertz CT molecular complexity index is 570. The van der Waals surface area contributed by atoms with Crippen molar-refractivity contribution in [3.05, 3.63) is 40.1 Å². The van der Waals surface area contributed by atoms with Gasteiger partial charge in [0.25, 0.3) is 0 Å². The molecule has 0 aliphatic heterocycles. The molecule has 0 saturated heterocycles. The van der Waals surface area contributed by atoms with E-state index in [0.29, 0.717) is 16.5 Å². The van der Waals surface area contributed by atoms with Gasteiger partial charge in [-0.1, -0.05) is 11.6 Å². The van der Waals surface area contributed by atoms with Gasteiger partial charge in [0.1, 0.15) is 11.5 Å². The molecule has 6 heteroatoms. The van der Waals surface area contributed by atoms with E-state index in [1.54, 1.807) is 11.4 Å². The number of benzene rings is 1.